The molecular formula is C16H20O6. The first-order chi connectivity index (χ1) is 10.6. The number of rotatable bonds is 8. The van der Waals surface area contributed by atoms with Crippen molar-refractivity contribution in [1.29, 1.82) is 0 Å². The summed E-state index contributed by atoms with van der Waals surface area (Å²) in [6.45, 7) is 3.84. The average molecular weight is 308 g/mol. The quantitative estimate of drug-likeness (QED) is 0.241. The van der Waals surface area contributed by atoms with Crippen LogP contribution in [0.15, 0.2) is 29.8 Å². The fourth-order valence-electron chi connectivity index (χ4n) is 1.57. The standard InChI is InChI=1S/C16H20O6/c1-4-20-15(17)14(16(18)21-5-2)10-12-6-8-13(9-7-12)22-11-19-3/h6-10H,4-5,11H2,1-3H3. The normalized spacial score (nSPS) is 9.77. The maximum atomic E-state index is 11.8. The lowest BCUT2D eigenvalue weighted by Gasteiger charge is -2.07. The van der Waals surface area contributed by atoms with E-state index < -0.39 is 11.9 Å². The van der Waals surface area contributed by atoms with Crippen LogP contribution in [0.3, 0.4) is 0 Å². The van der Waals surface area contributed by atoms with Gasteiger partial charge in [0.25, 0.3) is 0 Å². The Morgan fingerprint density at radius 2 is 1.55 bits per heavy atom. The zero-order valence-corrected chi connectivity index (χ0v) is 13.0. The minimum Gasteiger partial charge on any atom is -0.468 e. The number of ether oxygens (including phenoxy) is 4. The first-order valence-electron chi connectivity index (χ1n) is 6.90. The molecule has 1 rings (SSSR count). The van der Waals surface area contributed by atoms with Crippen LogP contribution in [0.4, 0.5) is 0 Å². The van der Waals surface area contributed by atoms with Gasteiger partial charge in [-0.3, -0.25) is 0 Å². The number of carbonyl (C=O) groups is 2. The molecule has 0 aromatic heterocycles. The molecule has 0 aliphatic heterocycles. The van der Waals surface area contributed by atoms with Crippen LogP contribution in [-0.2, 0) is 23.8 Å². The number of methoxy groups -OCH3 is 1. The molecule has 120 valence electrons. The molecule has 0 atom stereocenters. The topological polar surface area (TPSA) is 71.1 Å². The molecule has 0 spiro atoms. The first-order valence-corrected chi connectivity index (χ1v) is 6.90. The zero-order chi connectivity index (χ0) is 16.4. The molecule has 0 heterocycles. The van der Waals surface area contributed by atoms with Gasteiger partial charge < -0.3 is 18.9 Å². The molecule has 0 saturated carbocycles. The monoisotopic (exact) mass is 308 g/mol. The van der Waals surface area contributed by atoms with Crippen molar-refractivity contribution in [2.45, 2.75) is 13.8 Å². The molecule has 1 aromatic carbocycles. The van der Waals surface area contributed by atoms with Crippen molar-refractivity contribution < 1.29 is 28.5 Å². The third-order valence-corrected chi connectivity index (χ3v) is 2.53. The molecular weight excluding hydrogens is 288 g/mol. The van der Waals surface area contributed by atoms with Gasteiger partial charge in [0.15, 0.2) is 6.79 Å². The predicted octanol–water partition coefficient (Wildman–Crippen LogP) is 2.18. The Hall–Kier alpha value is -2.34. The largest absolute Gasteiger partial charge is 0.468 e. The molecule has 0 N–H and O–H groups in total. The van der Waals surface area contributed by atoms with Gasteiger partial charge in [0.1, 0.15) is 11.3 Å². The van der Waals surface area contributed by atoms with Crippen LogP contribution in [0.5, 0.6) is 5.75 Å². The van der Waals surface area contributed by atoms with Crippen LogP contribution in [0.2, 0.25) is 0 Å². The van der Waals surface area contributed by atoms with E-state index >= 15 is 0 Å². The number of esters is 2. The summed E-state index contributed by atoms with van der Waals surface area (Å²) in [4.78, 5) is 23.7. The molecule has 6 nitrogen and oxygen atoms in total. The number of hydrogen-bond acceptors (Lipinski definition) is 6. The van der Waals surface area contributed by atoms with Gasteiger partial charge in [0.05, 0.1) is 13.2 Å². The second kappa shape index (κ2) is 9.57. The van der Waals surface area contributed by atoms with Crippen molar-refractivity contribution in [2.24, 2.45) is 0 Å². The lowest BCUT2D eigenvalue weighted by Crippen LogP contribution is -2.18. The molecule has 0 saturated heterocycles. The van der Waals surface area contributed by atoms with E-state index in [1.165, 1.54) is 13.2 Å². The van der Waals surface area contributed by atoms with Crippen LogP contribution < -0.4 is 4.74 Å². The van der Waals surface area contributed by atoms with Crippen LogP contribution in [0, 0.1) is 0 Å². The van der Waals surface area contributed by atoms with E-state index in [1.54, 1.807) is 38.1 Å². The van der Waals surface area contributed by atoms with E-state index in [-0.39, 0.29) is 25.6 Å². The fraction of sp³-hybridized carbons (Fsp3) is 0.375. The Kier molecular flexibility index (Phi) is 7.70. The first kappa shape index (κ1) is 17.7. The van der Waals surface area contributed by atoms with E-state index in [0.717, 1.165) is 0 Å². The van der Waals surface area contributed by atoms with E-state index in [2.05, 4.69) is 0 Å². The highest BCUT2D eigenvalue weighted by Crippen LogP contribution is 2.16. The van der Waals surface area contributed by atoms with E-state index in [9.17, 15) is 9.59 Å². The van der Waals surface area contributed by atoms with Crippen molar-refractivity contribution in [1.82, 2.24) is 0 Å². The fourth-order valence-corrected chi connectivity index (χ4v) is 1.57. The third-order valence-electron chi connectivity index (χ3n) is 2.53. The molecule has 22 heavy (non-hydrogen) atoms. The van der Waals surface area contributed by atoms with E-state index in [4.69, 9.17) is 18.9 Å². The van der Waals surface area contributed by atoms with Gasteiger partial charge in [-0.05, 0) is 37.6 Å². The van der Waals surface area contributed by atoms with Crippen LogP contribution in [-0.4, -0.2) is 39.1 Å². The smallest absolute Gasteiger partial charge is 0.345 e. The van der Waals surface area contributed by atoms with Gasteiger partial charge in [-0.1, -0.05) is 12.1 Å². The summed E-state index contributed by atoms with van der Waals surface area (Å²) >= 11 is 0. The third kappa shape index (κ3) is 5.57. The zero-order valence-electron chi connectivity index (χ0n) is 13.0. The second-order valence-corrected chi connectivity index (χ2v) is 4.12. The van der Waals surface area contributed by atoms with Gasteiger partial charge in [0, 0.05) is 7.11 Å². The highest BCUT2D eigenvalue weighted by Gasteiger charge is 2.20. The Labute approximate surface area is 129 Å². The Morgan fingerprint density at radius 1 is 1.00 bits per heavy atom. The lowest BCUT2D eigenvalue weighted by atomic mass is 10.1. The molecule has 0 fully saturated rings. The molecule has 0 unspecified atom stereocenters. The minimum atomic E-state index is -0.708. The summed E-state index contributed by atoms with van der Waals surface area (Å²) in [5, 5.41) is 0. The predicted molar refractivity (Wildman–Crippen MR) is 80.2 cm³/mol. The average Bonchev–Trinajstić information content (AvgIpc) is 2.52. The van der Waals surface area contributed by atoms with Gasteiger partial charge in [0.2, 0.25) is 0 Å². The molecule has 1 aromatic rings. The summed E-state index contributed by atoms with van der Waals surface area (Å²) in [5.41, 5.74) is 0.509. The van der Waals surface area contributed by atoms with E-state index in [1.807, 2.05) is 0 Å². The van der Waals surface area contributed by atoms with Gasteiger partial charge in [-0.15, -0.1) is 0 Å². The number of benzene rings is 1. The summed E-state index contributed by atoms with van der Waals surface area (Å²) in [6, 6.07) is 6.84. The van der Waals surface area contributed by atoms with Gasteiger partial charge in [-0.25, -0.2) is 9.59 Å². The highest BCUT2D eigenvalue weighted by atomic mass is 16.7. The summed E-state index contributed by atoms with van der Waals surface area (Å²) in [5.74, 6) is -0.797. The van der Waals surface area contributed by atoms with Gasteiger partial charge in [-0.2, -0.15) is 0 Å². The Balaban J connectivity index is 2.95. The molecule has 0 amide bonds. The Bertz CT molecular complexity index is 498. The Morgan fingerprint density at radius 3 is 2.00 bits per heavy atom. The van der Waals surface area contributed by atoms with Crippen LogP contribution in [0.25, 0.3) is 6.08 Å². The maximum absolute atomic E-state index is 11.8. The highest BCUT2D eigenvalue weighted by molar-refractivity contribution is 6.17. The van der Waals surface area contributed by atoms with Crippen molar-refractivity contribution in [3.05, 3.63) is 35.4 Å². The molecule has 6 heteroatoms. The molecule has 0 bridgehead atoms. The number of hydrogen-bond donors (Lipinski definition) is 0. The molecule has 0 radical (unpaired) electrons. The number of carbonyl (C=O) groups excluding carboxylic acids is 2. The van der Waals surface area contributed by atoms with Crippen LogP contribution >= 0.6 is 0 Å². The molecule has 0 aliphatic rings. The maximum Gasteiger partial charge on any atom is 0.345 e. The van der Waals surface area contributed by atoms with Crippen molar-refractivity contribution >= 4 is 18.0 Å². The summed E-state index contributed by atoms with van der Waals surface area (Å²) in [6.07, 6.45) is 1.43. The summed E-state index contributed by atoms with van der Waals surface area (Å²) in [7, 11) is 1.53. The second-order valence-electron chi connectivity index (χ2n) is 4.12. The van der Waals surface area contributed by atoms with Crippen molar-refractivity contribution in [3.63, 3.8) is 0 Å². The van der Waals surface area contributed by atoms with Gasteiger partial charge >= 0.3 is 11.9 Å². The molecule has 0 aliphatic carbocycles. The van der Waals surface area contributed by atoms with Crippen molar-refractivity contribution in [2.75, 3.05) is 27.1 Å². The van der Waals surface area contributed by atoms with Crippen LogP contribution in [0.1, 0.15) is 19.4 Å². The lowest BCUT2D eigenvalue weighted by molar-refractivity contribution is -0.146. The van der Waals surface area contributed by atoms with E-state index in [0.29, 0.717) is 11.3 Å². The summed E-state index contributed by atoms with van der Waals surface area (Å²) < 4.78 is 19.8. The van der Waals surface area contributed by atoms with Crippen molar-refractivity contribution in [3.8, 4) is 5.75 Å². The SMILES string of the molecule is CCOC(=O)C(=Cc1ccc(OCOC)cc1)C(=O)OCC. The minimum absolute atomic E-state index is 0.144.